The minimum Gasteiger partial charge on any atom is -0.450 e. The van der Waals surface area contributed by atoms with E-state index in [2.05, 4.69) is 5.32 Å². The molecule has 2 amide bonds. The number of benzene rings is 1. The Morgan fingerprint density at radius 1 is 1.10 bits per heavy atom. The maximum atomic E-state index is 13.1. The minimum absolute atomic E-state index is 0.122. The van der Waals surface area contributed by atoms with Gasteiger partial charge in [0, 0.05) is 39.3 Å². The summed E-state index contributed by atoms with van der Waals surface area (Å²) in [6, 6.07) is 9.55. The number of piperazine rings is 1. The van der Waals surface area contributed by atoms with Crippen molar-refractivity contribution in [1.29, 1.82) is 0 Å². The van der Waals surface area contributed by atoms with Crippen molar-refractivity contribution in [3.8, 4) is 0 Å². The summed E-state index contributed by atoms with van der Waals surface area (Å²) >= 11 is 0. The number of ether oxygens (including phenoxy) is 1. The molecule has 10 heteroatoms. The van der Waals surface area contributed by atoms with Crippen LogP contribution < -0.4 is 5.32 Å². The van der Waals surface area contributed by atoms with Gasteiger partial charge in [0.05, 0.1) is 18.6 Å². The zero-order valence-electron chi connectivity index (χ0n) is 18.2. The SMILES string of the molecule is CCOC(=O)N1CCN(S(=O)(=O)N2CCC[C@H](C(=O)N[C@H](C)c3ccccc3)C2)CC1. The highest BCUT2D eigenvalue weighted by molar-refractivity contribution is 7.86. The number of rotatable bonds is 6. The van der Waals surface area contributed by atoms with Crippen molar-refractivity contribution in [2.75, 3.05) is 45.9 Å². The van der Waals surface area contributed by atoms with Gasteiger partial charge in [-0.15, -0.1) is 0 Å². The summed E-state index contributed by atoms with van der Waals surface area (Å²) < 4.78 is 34.1. The van der Waals surface area contributed by atoms with Crippen LogP contribution in [0.2, 0.25) is 0 Å². The predicted octanol–water partition coefficient (Wildman–Crippen LogP) is 1.59. The quantitative estimate of drug-likeness (QED) is 0.707. The largest absolute Gasteiger partial charge is 0.450 e. The van der Waals surface area contributed by atoms with Crippen LogP contribution in [-0.4, -0.2) is 79.8 Å². The Hall–Kier alpha value is -2.17. The lowest BCUT2D eigenvalue weighted by Crippen LogP contribution is -2.56. The van der Waals surface area contributed by atoms with E-state index < -0.39 is 16.3 Å². The molecule has 172 valence electrons. The molecule has 0 aliphatic carbocycles. The van der Waals surface area contributed by atoms with Gasteiger partial charge in [0.25, 0.3) is 10.2 Å². The fourth-order valence-electron chi connectivity index (χ4n) is 4.00. The standard InChI is InChI=1S/C21H32N4O5S/c1-3-30-21(27)23-12-14-24(15-13-23)31(28,29)25-11-7-10-19(16-25)20(26)22-17(2)18-8-5-4-6-9-18/h4-6,8-9,17,19H,3,7,10-16H2,1-2H3,(H,22,26)/t17-,19+/m1/s1. The Morgan fingerprint density at radius 3 is 2.42 bits per heavy atom. The van der Waals surface area contributed by atoms with E-state index in [0.29, 0.717) is 32.5 Å². The topological polar surface area (TPSA) is 99.3 Å². The molecule has 1 aromatic rings. The maximum absolute atomic E-state index is 13.1. The first kappa shape index (κ1) is 23.5. The summed E-state index contributed by atoms with van der Waals surface area (Å²) in [7, 11) is -3.69. The summed E-state index contributed by atoms with van der Waals surface area (Å²) in [6.07, 6.45) is 0.886. The van der Waals surface area contributed by atoms with Crippen LogP contribution in [0.15, 0.2) is 30.3 Å². The van der Waals surface area contributed by atoms with Gasteiger partial charge in [0.2, 0.25) is 5.91 Å². The van der Waals surface area contributed by atoms with Gasteiger partial charge in [-0.2, -0.15) is 17.0 Å². The monoisotopic (exact) mass is 452 g/mol. The second-order valence-electron chi connectivity index (χ2n) is 7.93. The third-order valence-electron chi connectivity index (χ3n) is 5.83. The zero-order valence-corrected chi connectivity index (χ0v) is 19.0. The van der Waals surface area contributed by atoms with E-state index in [-0.39, 0.29) is 44.1 Å². The zero-order chi connectivity index (χ0) is 22.4. The molecule has 2 saturated heterocycles. The van der Waals surface area contributed by atoms with Crippen LogP contribution >= 0.6 is 0 Å². The van der Waals surface area contributed by atoms with Gasteiger partial charge in [0.15, 0.2) is 0 Å². The summed E-state index contributed by atoms with van der Waals surface area (Å²) in [4.78, 5) is 26.2. The van der Waals surface area contributed by atoms with E-state index in [1.165, 1.54) is 13.5 Å². The molecule has 1 aromatic carbocycles. The second-order valence-corrected chi connectivity index (χ2v) is 9.86. The van der Waals surface area contributed by atoms with Gasteiger partial charge in [-0.05, 0) is 32.3 Å². The number of piperidine rings is 1. The molecule has 2 heterocycles. The first-order chi connectivity index (χ1) is 14.8. The van der Waals surface area contributed by atoms with E-state index in [0.717, 1.165) is 5.56 Å². The van der Waals surface area contributed by atoms with E-state index in [1.807, 2.05) is 37.3 Å². The number of carbonyl (C=O) groups is 2. The molecule has 0 radical (unpaired) electrons. The van der Waals surface area contributed by atoms with Crippen LogP contribution in [0, 0.1) is 5.92 Å². The van der Waals surface area contributed by atoms with Crippen LogP contribution in [0.4, 0.5) is 4.79 Å². The number of hydrogen-bond donors (Lipinski definition) is 1. The van der Waals surface area contributed by atoms with Gasteiger partial charge < -0.3 is 15.0 Å². The van der Waals surface area contributed by atoms with Gasteiger partial charge in [-0.1, -0.05) is 30.3 Å². The molecule has 0 spiro atoms. The van der Waals surface area contributed by atoms with E-state index in [9.17, 15) is 18.0 Å². The molecule has 1 N–H and O–H groups in total. The lowest BCUT2D eigenvalue weighted by Gasteiger charge is -2.38. The van der Waals surface area contributed by atoms with Crippen LogP contribution in [0.25, 0.3) is 0 Å². The first-order valence-electron chi connectivity index (χ1n) is 10.8. The van der Waals surface area contributed by atoms with E-state index in [4.69, 9.17) is 4.74 Å². The Balaban J connectivity index is 1.56. The number of hydrogen-bond acceptors (Lipinski definition) is 5. The molecule has 3 rings (SSSR count). The second kappa shape index (κ2) is 10.4. The molecule has 0 bridgehead atoms. The Labute approximate surface area is 184 Å². The Bertz CT molecular complexity index is 856. The number of carbonyl (C=O) groups excluding carboxylic acids is 2. The van der Waals surface area contributed by atoms with Crippen LogP contribution in [0.5, 0.6) is 0 Å². The highest BCUT2D eigenvalue weighted by Gasteiger charge is 2.38. The Morgan fingerprint density at radius 2 is 1.77 bits per heavy atom. The molecule has 2 atom stereocenters. The highest BCUT2D eigenvalue weighted by atomic mass is 32.2. The summed E-state index contributed by atoms with van der Waals surface area (Å²) in [6.45, 7) is 5.56. The molecule has 2 aliphatic rings. The first-order valence-corrected chi connectivity index (χ1v) is 12.2. The van der Waals surface area contributed by atoms with E-state index in [1.54, 1.807) is 6.92 Å². The van der Waals surface area contributed by atoms with Crippen LogP contribution in [0.1, 0.15) is 38.3 Å². The van der Waals surface area contributed by atoms with Crippen molar-refractivity contribution in [2.24, 2.45) is 5.92 Å². The fraction of sp³-hybridized carbons (Fsp3) is 0.619. The highest BCUT2D eigenvalue weighted by Crippen LogP contribution is 2.23. The molecule has 0 unspecified atom stereocenters. The lowest BCUT2D eigenvalue weighted by atomic mass is 9.98. The van der Waals surface area contributed by atoms with Crippen LogP contribution in [-0.2, 0) is 19.7 Å². The number of nitrogens with one attached hydrogen (secondary N) is 1. The summed E-state index contributed by atoms with van der Waals surface area (Å²) in [5.41, 5.74) is 1.01. The molecular formula is C21H32N4O5S. The van der Waals surface area contributed by atoms with Crippen molar-refractivity contribution < 1.29 is 22.7 Å². The van der Waals surface area contributed by atoms with Gasteiger partial charge in [-0.3, -0.25) is 4.79 Å². The molecular weight excluding hydrogens is 420 g/mol. The third kappa shape index (κ3) is 5.75. The minimum atomic E-state index is -3.69. The molecule has 31 heavy (non-hydrogen) atoms. The van der Waals surface area contributed by atoms with Gasteiger partial charge in [0.1, 0.15) is 0 Å². The normalized spacial score (nSPS) is 22.0. The number of nitrogens with zero attached hydrogens (tertiary/aromatic N) is 3. The predicted molar refractivity (Wildman–Crippen MR) is 116 cm³/mol. The lowest BCUT2D eigenvalue weighted by molar-refractivity contribution is -0.126. The molecule has 0 saturated carbocycles. The van der Waals surface area contributed by atoms with Crippen molar-refractivity contribution in [3.63, 3.8) is 0 Å². The van der Waals surface area contributed by atoms with Crippen molar-refractivity contribution in [2.45, 2.75) is 32.7 Å². The van der Waals surface area contributed by atoms with Crippen molar-refractivity contribution in [1.82, 2.24) is 18.8 Å². The molecule has 2 aliphatic heterocycles. The van der Waals surface area contributed by atoms with E-state index >= 15 is 0 Å². The molecule has 9 nitrogen and oxygen atoms in total. The average Bonchev–Trinajstić information content (AvgIpc) is 2.80. The molecule has 2 fully saturated rings. The third-order valence-corrected chi connectivity index (χ3v) is 7.83. The molecule has 0 aromatic heterocycles. The van der Waals surface area contributed by atoms with Crippen molar-refractivity contribution in [3.05, 3.63) is 35.9 Å². The maximum Gasteiger partial charge on any atom is 0.409 e. The van der Waals surface area contributed by atoms with Crippen LogP contribution in [0.3, 0.4) is 0 Å². The fourth-order valence-corrected chi connectivity index (χ4v) is 5.68. The average molecular weight is 453 g/mol. The van der Waals surface area contributed by atoms with Gasteiger partial charge >= 0.3 is 6.09 Å². The Kier molecular flexibility index (Phi) is 7.90. The smallest absolute Gasteiger partial charge is 0.409 e. The summed E-state index contributed by atoms with van der Waals surface area (Å²) in [5, 5.41) is 3.02. The van der Waals surface area contributed by atoms with Gasteiger partial charge in [-0.25, -0.2) is 4.79 Å². The van der Waals surface area contributed by atoms with Crippen molar-refractivity contribution >= 4 is 22.2 Å². The number of amides is 2. The summed E-state index contributed by atoms with van der Waals surface area (Å²) in [5.74, 6) is -0.501.